The van der Waals surface area contributed by atoms with Gasteiger partial charge in [-0.05, 0) is 35.0 Å². The lowest BCUT2D eigenvalue weighted by Gasteiger charge is -2.17. The number of nitrogens with zero attached hydrogens (tertiary/aromatic N) is 2. The Kier molecular flexibility index (Phi) is 5.23. The summed E-state index contributed by atoms with van der Waals surface area (Å²) in [7, 11) is 0. The van der Waals surface area contributed by atoms with Gasteiger partial charge in [-0.15, -0.1) is 5.10 Å². The second-order valence-corrected chi connectivity index (χ2v) is 6.06. The van der Waals surface area contributed by atoms with E-state index in [9.17, 15) is 0 Å². The van der Waals surface area contributed by atoms with E-state index in [4.69, 9.17) is 5.84 Å². The Hall–Kier alpha value is -1.30. The highest BCUT2D eigenvalue weighted by atomic mass is 32.1. The summed E-state index contributed by atoms with van der Waals surface area (Å²) >= 11 is 1.42. The maximum Gasteiger partial charge on any atom is 0.0837 e. The van der Waals surface area contributed by atoms with E-state index in [1.54, 1.807) is 0 Å². The zero-order valence-corrected chi connectivity index (χ0v) is 13.1. The predicted molar refractivity (Wildman–Crippen MR) is 83.6 cm³/mol. The topological polar surface area (TPSA) is 63.8 Å². The molecule has 4 nitrogen and oxygen atoms in total. The van der Waals surface area contributed by atoms with E-state index in [0.717, 1.165) is 23.4 Å². The maximum atomic E-state index is 5.79. The van der Waals surface area contributed by atoms with Gasteiger partial charge in [-0.2, -0.15) is 0 Å². The number of hydrogen-bond donors (Lipinski definition) is 2. The van der Waals surface area contributed by atoms with Crippen molar-refractivity contribution in [1.82, 2.24) is 15.0 Å². The SMILES string of the molecule is CCCc1cccc(C(NN)c2snnc2C(C)C)c1. The molecular formula is C15H22N4S. The van der Waals surface area contributed by atoms with Gasteiger partial charge in [0.25, 0.3) is 0 Å². The normalized spacial score (nSPS) is 12.8. The van der Waals surface area contributed by atoms with Crippen molar-refractivity contribution in [3.63, 3.8) is 0 Å². The largest absolute Gasteiger partial charge is 0.271 e. The summed E-state index contributed by atoms with van der Waals surface area (Å²) in [4.78, 5) is 1.11. The molecule has 0 spiro atoms. The van der Waals surface area contributed by atoms with Gasteiger partial charge < -0.3 is 0 Å². The molecule has 1 aromatic heterocycles. The van der Waals surface area contributed by atoms with Crippen molar-refractivity contribution >= 4 is 11.5 Å². The standard InChI is InChI=1S/C15H22N4S/c1-4-6-11-7-5-8-12(9-11)14(17-16)15-13(10(2)3)18-19-20-15/h5,7-10,14,17H,4,6,16H2,1-3H3. The molecule has 108 valence electrons. The molecule has 5 heteroatoms. The zero-order valence-electron chi connectivity index (χ0n) is 12.3. The van der Waals surface area contributed by atoms with E-state index in [1.807, 2.05) is 0 Å². The molecule has 2 aromatic rings. The highest BCUT2D eigenvalue weighted by Crippen LogP contribution is 2.30. The lowest BCUT2D eigenvalue weighted by atomic mass is 9.98. The van der Waals surface area contributed by atoms with Crippen LogP contribution in [0.4, 0.5) is 0 Å². The number of aromatic nitrogens is 2. The molecule has 1 unspecified atom stereocenters. The number of hydrogen-bond acceptors (Lipinski definition) is 5. The third kappa shape index (κ3) is 3.23. The molecule has 0 bridgehead atoms. The monoisotopic (exact) mass is 290 g/mol. The molecule has 2 rings (SSSR count). The maximum absolute atomic E-state index is 5.79. The lowest BCUT2D eigenvalue weighted by molar-refractivity contribution is 0.630. The van der Waals surface area contributed by atoms with E-state index >= 15 is 0 Å². The van der Waals surface area contributed by atoms with Crippen molar-refractivity contribution in [2.45, 2.75) is 45.6 Å². The Labute approximate surface area is 124 Å². The molecular weight excluding hydrogens is 268 g/mol. The van der Waals surface area contributed by atoms with Crippen LogP contribution in [0.3, 0.4) is 0 Å². The minimum absolute atomic E-state index is 0.0378. The summed E-state index contributed by atoms with van der Waals surface area (Å²) in [6, 6.07) is 8.54. The molecule has 0 aliphatic carbocycles. The second-order valence-electron chi connectivity index (χ2n) is 5.27. The van der Waals surface area contributed by atoms with Crippen molar-refractivity contribution in [1.29, 1.82) is 0 Å². The van der Waals surface area contributed by atoms with Crippen LogP contribution in [0.25, 0.3) is 0 Å². The Morgan fingerprint density at radius 3 is 2.80 bits per heavy atom. The van der Waals surface area contributed by atoms with Crippen molar-refractivity contribution in [3.8, 4) is 0 Å². The van der Waals surface area contributed by atoms with Gasteiger partial charge in [0.1, 0.15) is 0 Å². The fraction of sp³-hybridized carbons (Fsp3) is 0.467. The average Bonchev–Trinajstić information content (AvgIpc) is 2.90. The molecule has 1 aromatic carbocycles. The van der Waals surface area contributed by atoms with Crippen LogP contribution in [-0.4, -0.2) is 9.59 Å². The Balaban J connectivity index is 2.36. The Morgan fingerprint density at radius 1 is 1.35 bits per heavy atom. The molecule has 3 N–H and O–H groups in total. The second kappa shape index (κ2) is 6.92. The van der Waals surface area contributed by atoms with E-state index in [-0.39, 0.29) is 6.04 Å². The fourth-order valence-corrected chi connectivity index (χ4v) is 3.24. The highest BCUT2D eigenvalue weighted by molar-refractivity contribution is 7.05. The first-order valence-corrected chi connectivity index (χ1v) is 7.81. The van der Waals surface area contributed by atoms with Gasteiger partial charge in [-0.1, -0.05) is 55.9 Å². The molecule has 0 aliphatic rings. The summed E-state index contributed by atoms with van der Waals surface area (Å²) in [6.07, 6.45) is 2.23. The molecule has 0 aliphatic heterocycles. The minimum Gasteiger partial charge on any atom is -0.271 e. The number of nitrogens with one attached hydrogen (secondary N) is 1. The van der Waals surface area contributed by atoms with Crippen LogP contribution < -0.4 is 11.3 Å². The van der Waals surface area contributed by atoms with Crippen molar-refractivity contribution in [2.75, 3.05) is 0 Å². The number of rotatable bonds is 6. The van der Waals surface area contributed by atoms with Crippen molar-refractivity contribution < 1.29 is 0 Å². The van der Waals surface area contributed by atoms with Crippen molar-refractivity contribution in [3.05, 3.63) is 46.0 Å². The number of hydrazine groups is 1. The smallest absolute Gasteiger partial charge is 0.0837 e. The third-order valence-corrected chi connectivity index (χ3v) is 4.14. The first-order valence-electron chi connectivity index (χ1n) is 7.04. The number of nitrogens with two attached hydrogens (primary N) is 1. The molecule has 0 amide bonds. The Bertz CT molecular complexity index is 550. The van der Waals surface area contributed by atoms with Gasteiger partial charge in [0.2, 0.25) is 0 Å². The van der Waals surface area contributed by atoms with E-state index in [1.165, 1.54) is 22.7 Å². The summed E-state index contributed by atoms with van der Waals surface area (Å²) in [5.74, 6) is 6.14. The molecule has 1 atom stereocenters. The predicted octanol–water partition coefficient (Wildman–Crippen LogP) is 3.17. The van der Waals surface area contributed by atoms with Crippen LogP contribution in [0.5, 0.6) is 0 Å². The molecule has 0 fully saturated rings. The van der Waals surface area contributed by atoms with Crippen LogP contribution >= 0.6 is 11.5 Å². The zero-order chi connectivity index (χ0) is 14.5. The van der Waals surface area contributed by atoms with Crippen molar-refractivity contribution in [2.24, 2.45) is 5.84 Å². The van der Waals surface area contributed by atoms with Gasteiger partial charge in [-0.3, -0.25) is 5.84 Å². The summed E-state index contributed by atoms with van der Waals surface area (Å²) in [6.45, 7) is 6.44. The van der Waals surface area contributed by atoms with Crippen LogP contribution in [0.2, 0.25) is 0 Å². The summed E-state index contributed by atoms with van der Waals surface area (Å²) in [5, 5.41) is 4.24. The number of benzene rings is 1. The molecule has 0 saturated heterocycles. The molecule has 0 saturated carbocycles. The molecule has 1 heterocycles. The average molecular weight is 290 g/mol. The van der Waals surface area contributed by atoms with E-state index < -0.39 is 0 Å². The summed E-state index contributed by atoms with van der Waals surface area (Å²) < 4.78 is 4.09. The molecule has 0 radical (unpaired) electrons. The van der Waals surface area contributed by atoms with Crippen LogP contribution in [0.15, 0.2) is 24.3 Å². The minimum atomic E-state index is -0.0378. The van der Waals surface area contributed by atoms with Crippen LogP contribution in [0, 0.1) is 0 Å². The first-order chi connectivity index (χ1) is 9.67. The number of aryl methyl sites for hydroxylation is 1. The fourth-order valence-electron chi connectivity index (χ4n) is 2.35. The summed E-state index contributed by atoms with van der Waals surface area (Å²) in [5.41, 5.74) is 6.46. The van der Waals surface area contributed by atoms with Crippen LogP contribution in [-0.2, 0) is 6.42 Å². The van der Waals surface area contributed by atoms with Gasteiger partial charge in [-0.25, -0.2) is 5.43 Å². The van der Waals surface area contributed by atoms with E-state index in [0.29, 0.717) is 5.92 Å². The highest BCUT2D eigenvalue weighted by Gasteiger charge is 2.21. The third-order valence-electron chi connectivity index (χ3n) is 3.34. The van der Waals surface area contributed by atoms with Gasteiger partial charge in [0.05, 0.1) is 16.6 Å². The molecule has 20 heavy (non-hydrogen) atoms. The lowest BCUT2D eigenvalue weighted by Crippen LogP contribution is -2.29. The Morgan fingerprint density at radius 2 is 2.15 bits per heavy atom. The van der Waals surface area contributed by atoms with E-state index in [2.05, 4.69) is 60.0 Å². The first kappa shape index (κ1) is 15.1. The van der Waals surface area contributed by atoms with Gasteiger partial charge in [0, 0.05) is 0 Å². The van der Waals surface area contributed by atoms with Crippen LogP contribution in [0.1, 0.15) is 60.8 Å². The quantitative estimate of drug-likeness (QED) is 0.633. The van der Waals surface area contributed by atoms with Gasteiger partial charge >= 0.3 is 0 Å². The van der Waals surface area contributed by atoms with Gasteiger partial charge in [0.15, 0.2) is 0 Å².